The number of rotatable bonds is 6. The van der Waals surface area contributed by atoms with Crippen LogP contribution in [0.3, 0.4) is 0 Å². The smallest absolute Gasteiger partial charge is 0.225 e. The molecule has 1 saturated carbocycles. The number of likely N-dealkylation sites (tertiary alicyclic amines) is 1. The topological polar surface area (TPSA) is 92.5 Å². The third kappa shape index (κ3) is 3.89. The number of nitrogens with zero attached hydrogens (tertiary/aromatic N) is 2. The van der Waals surface area contributed by atoms with E-state index in [9.17, 15) is 13.2 Å². The number of amides is 1. The monoisotopic (exact) mass is 369 g/mol. The van der Waals surface area contributed by atoms with Gasteiger partial charge in [-0.1, -0.05) is 24.9 Å². The maximum atomic E-state index is 12.6. The summed E-state index contributed by atoms with van der Waals surface area (Å²) in [4.78, 5) is 14.2. The first-order valence-electron chi connectivity index (χ1n) is 8.99. The number of aromatic nitrogens is 1. The van der Waals surface area contributed by atoms with Gasteiger partial charge >= 0.3 is 0 Å². The van der Waals surface area contributed by atoms with Gasteiger partial charge in [-0.25, -0.2) is 13.1 Å². The number of aryl methyl sites for hydroxylation is 2. The molecular formula is C17H27N3O4S. The van der Waals surface area contributed by atoms with Crippen LogP contribution in [0.25, 0.3) is 0 Å². The van der Waals surface area contributed by atoms with Crippen LogP contribution in [0, 0.1) is 19.8 Å². The van der Waals surface area contributed by atoms with Gasteiger partial charge in [0.2, 0.25) is 15.9 Å². The number of carbonyl (C=O) groups excluding carboxylic acids is 1. The molecule has 0 radical (unpaired) electrons. The van der Waals surface area contributed by atoms with Crippen LogP contribution in [-0.2, 0) is 21.2 Å². The Balaban J connectivity index is 1.52. The molecule has 0 bridgehead atoms. The minimum atomic E-state index is -3.33. The lowest BCUT2D eigenvalue weighted by atomic mass is 9.97. The van der Waals surface area contributed by atoms with E-state index in [-0.39, 0.29) is 31.0 Å². The fourth-order valence-corrected chi connectivity index (χ4v) is 5.33. The molecule has 0 unspecified atom stereocenters. The van der Waals surface area contributed by atoms with Gasteiger partial charge in [0, 0.05) is 30.6 Å². The second-order valence-corrected chi connectivity index (χ2v) is 9.41. The fraction of sp³-hybridized carbons (Fsp3) is 0.765. The van der Waals surface area contributed by atoms with Crippen LogP contribution in [-0.4, -0.2) is 48.8 Å². The summed E-state index contributed by atoms with van der Waals surface area (Å²) in [7, 11) is -3.33. The third-order valence-electron chi connectivity index (χ3n) is 5.40. The zero-order chi connectivity index (χ0) is 18.2. The third-order valence-corrected chi connectivity index (χ3v) is 7.24. The number of nitrogens with one attached hydrogen (secondary N) is 1. The van der Waals surface area contributed by atoms with Gasteiger partial charge in [0.25, 0.3) is 0 Å². The maximum Gasteiger partial charge on any atom is 0.225 e. The lowest BCUT2D eigenvalue weighted by Gasteiger charge is -2.40. The van der Waals surface area contributed by atoms with Gasteiger partial charge in [-0.05, 0) is 33.1 Å². The van der Waals surface area contributed by atoms with Crippen molar-refractivity contribution in [2.75, 3.05) is 13.1 Å². The second kappa shape index (κ2) is 7.07. The Kier molecular flexibility index (Phi) is 5.20. The molecule has 140 valence electrons. The second-order valence-electron chi connectivity index (χ2n) is 7.42. The van der Waals surface area contributed by atoms with Crippen LogP contribution in [0.4, 0.5) is 0 Å². The van der Waals surface area contributed by atoms with Crippen molar-refractivity contribution in [3.63, 3.8) is 0 Å². The first-order valence-corrected chi connectivity index (χ1v) is 10.5. The van der Waals surface area contributed by atoms with Gasteiger partial charge < -0.3 is 9.42 Å². The Hall–Kier alpha value is -1.41. The quantitative estimate of drug-likeness (QED) is 0.821. The van der Waals surface area contributed by atoms with Crippen LogP contribution >= 0.6 is 0 Å². The Bertz CT molecular complexity index is 712. The molecule has 2 aliphatic rings. The van der Waals surface area contributed by atoms with Crippen LogP contribution in [0.5, 0.6) is 0 Å². The highest BCUT2D eigenvalue weighted by Gasteiger charge is 2.41. The minimum absolute atomic E-state index is 0.00711. The predicted octanol–water partition coefficient (Wildman–Crippen LogP) is 1.54. The van der Waals surface area contributed by atoms with Gasteiger partial charge in [-0.3, -0.25) is 4.79 Å². The van der Waals surface area contributed by atoms with Crippen molar-refractivity contribution in [3.05, 3.63) is 17.0 Å². The maximum absolute atomic E-state index is 12.6. The zero-order valence-electron chi connectivity index (χ0n) is 15.1. The summed E-state index contributed by atoms with van der Waals surface area (Å²) in [6.45, 7) is 6.14. The molecule has 1 aliphatic carbocycles. The Morgan fingerprint density at radius 2 is 1.96 bits per heavy atom. The van der Waals surface area contributed by atoms with Crippen LogP contribution in [0.1, 0.15) is 49.6 Å². The van der Waals surface area contributed by atoms with E-state index in [1.807, 2.05) is 20.8 Å². The first-order chi connectivity index (χ1) is 11.8. The first kappa shape index (κ1) is 18.4. The molecule has 1 aromatic rings. The van der Waals surface area contributed by atoms with Crippen LogP contribution in [0.2, 0.25) is 0 Å². The number of hydrogen-bond donors (Lipinski definition) is 1. The zero-order valence-corrected chi connectivity index (χ0v) is 15.9. The van der Waals surface area contributed by atoms with Crippen LogP contribution < -0.4 is 4.72 Å². The van der Waals surface area contributed by atoms with E-state index in [2.05, 4.69) is 9.88 Å². The van der Waals surface area contributed by atoms with E-state index in [0.29, 0.717) is 6.42 Å². The molecule has 1 aromatic heterocycles. The van der Waals surface area contributed by atoms with Gasteiger partial charge in [-0.2, -0.15) is 0 Å². The predicted molar refractivity (Wildman–Crippen MR) is 93.5 cm³/mol. The van der Waals surface area contributed by atoms with E-state index >= 15 is 0 Å². The molecule has 2 heterocycles. The van der Waals surface area contributed by atoms with E-state index in [1.165, 1.54) is 0 Å². The van der Waals surface area contributed by atoms with Crippen molar-refractivity contribution < 1.29 is 17.7 Å². The molecule has 8 heteroatoms. The summed E-state index contributed by atoms with van der Waals surface area (Å²) < 4.78 is 32.7. The van der Waals surface area contributed by atoms with E-state index in [0.717, 1.165) is 42.7 Å². The molecule has 1 aliphatic heterocycles. The van der Waals surface area contributed by atoms with Crippen LogP contribution in [0.15, 0.2) is 4.52 Å². The highest BCUT2D eigenvalue weighted by atomic mass is 32.2. The summed E-state index contributed by atoms with van der Waals surface area (Å²) in [6.07, 6.45) is 4.57. The van der Waals surface area contributed by atoms with Gasteiger partial charge in [0.15, 0.2) is 0 Å². The lowest BCUT2D eigenvalue weighted by molar-refractivity contribution is -0.138. The Morgan fingerprint density at radius 3 is 2.52 bits per heavy atom. The molecule has 1 N–H and O–H groups in total. The molecule has 1 atom stereocenters. The number of carbonyl (C=O) groups is 1. The van der Waals surface area contributed by atoms with Gasteiger partial charge in [0.1, 0.15) is 11.0 Å². The molecule has 1 amide bonds. The van der Waals surface area contributed by atoms with Crippen molar-refractivity contribution in [3.8, 4) is 0 Å². The van der Waals surface area contributed by atoms with Gasteiger partial charge in [0.05, 0.1) is 5.69 Å². The molecule has 2 fully saturated rings. The average molecular weight is 369 g/mol. The summed E-state index contributed by atoms with van der Waals surface area (Å²) in [6, 6.07) is 0.0771. The molecule has 7 nitrogen and oxygen atoms in total. The van der Waals surface area contributed by atoms with Crippen molar-refractivity contribution in [1.82, 2.24) is 14.8 Å². The average Bonchev–Trinajstić information content (AvgIpc) is 3.09. The highest BCUT2D eigenvalue weighted by molar-refractivity contribution is 7.90. The molecule has 25 heavy (non-hydrogen) atoms. The van der Waals surface area contributed by atoms with Crippen molar-refractivity contribution >= 4 is 15.9 Å². The van der Waals surface area contributed by atoms with E-state index in [1.54, 1.807) is 4.90 Å². The largest absolute Gasteiger partial charge is 0.361 e. The lowest BCUT2D eigenvalue weighted by Crippen LogP contribution is -2.61. The minimum Gasteiger partial charge on any atom is -0.361 e. The number of sulfonamides is 1. The highest BCUT2D eigenvalue weighted by Crippen LogP contribution is 2.24. The summed E-state index contributed by atoms with van der Waals surface area (Å²) in [5.41, 5.74) is 1.77. The van der Waals surface area contributed by atoms with Gasteiger partial charge in [-0.15, -0.1) is 0 Å². The Labute approximate surface area is 149 Å². The standard InChI is InChI=1S/C17H27N3O4S/c1-11(8-16-12(2)18-24-13(16)3)17(21)20-9-15(10-20)25(22,23)19-14-6-4-5-7-14/h11,14-15,19H,4-10H2,1-3H3/t11-/m1/s1. The molecule has 1 saturated heterocycles. The van der Waals surface area contributed by atoms with Crippen molar-refractivity contribution in [2.45, 2.75) is 64.2 Å². The molecular weight excluding hydrogens is 342 g/mol. The molecule has 3 rings (SSSR count). The SMILES string of the molecule is Cc1noc(C)c1C[C@@H](C)C(=O)N1CC(S(=O)(=O)NC2CCCC2)C1. The summed E-state index contributed by atoms with van der Waals surface area (Å²) in [5, 5.41) is 3.43. The molecule has 0 aromatic carbocycles. The van der Waals surface area contributed by atoms with E-state index < -0.39 is 15.3 Å². The summed E-state index contributed by atoms with van der Waals surface area (Å²) in [5.74, 6) is 0.512. The fourth-order valence-electron chi connectivity index (χ4n) is 3.69. The Morgan fingerprint density at radius 1 is 1.32 bits per heavy atom. The van der Waals surface area contributed by atoms with E-state index in [4.69, 9.17) is 4.52 Å². The van der Waals surface area contributed by atoms with Crippen molar-refractivity contribution in [1.29, 1.82) is 0 Å². The van der Waals surface area contributed by atoms with Crippen molar-refractivity contribution in [2.24, 2.45) is 5.92 Å². The normalized spacial score (nSPS) is 20.7. The number of hydrogen-bond acceptors (Lipinski definition) is 5. The summed E-state index contributed by atoms with van der Waals surface area (Å²) >= 11 is 0. The molecule has 0 spiro atoms.